The van der Waals surface area contributed by atoms with E-state index in [0.717, 1.165) is 9.87 Å². The van der Waals surface area contributed by atoms with Gasteiger partial charge in [-0.1, -0.05) is 35.3 Å². The average Bonchev–Trinajstić information content (AvgIpc) is 2.71. The van der Waals surface area contributed by atoms with E-state index < -0.39 is 28.5 Å². The second-order valence-electron chi connectivity index (χ2n) is 6.66. The van der Waals surface area contributed by atoms with E-state index in [0.29, 0.717) is 10.0 Å². The van der Waals surface area contributed by atoms with Gasteiger partial charge in [-0.25, -0.2) is 8.42 Å². The summed E-state index contributed by atoms with van der Waals surface area (Å²) in [5.74, 6) is -0.889. The van der Waals surface area contributed by atoms with E-state index in [1.165, 1.54) is 43.3 Å². The Morgan fingerprint density at radius 1 is 1.07 bits per heavy atom. The van der Waals surface area contributed by atoms with Crippen LogP contribution in [0.5, 0.6) is 0 Å². The summed E-state index contributed by atoms with van der Waals surface area (Å²) in [7, 11) is -1.13. The monoisotopic (exact) mass is 471 g/mol. The van der Waals surface area contributed by atoms with Crippen molar-refractivity contribution in [2.45, 2.75) is 24.4 Å². The van der Waals surface area contributed by atoms with Crippen molar-refractivity contribution in [3.05, 3.63) is 64.1 Å². The van der Waals surface area contributed by atoms with E-state index in [2.05, 4.69) is 5.32 Å². The molecule has 30 heavy (non-hydrogen) atoms. The number of likely N-dealkylation sites (N-methyl/N-ethyl adjacent to an activating group) is 2. The maximum atomic E-state index is 13.0. The highest BCUT2D eigenvalue weighted by Gasteiger charge is 2.29. The van der Waals surface area contributed by atoms with Crippen LogP contribution >= 0.6 is 23.2 Å². The number of carbonyl (C=O) groups is 2. The predicted molar refractivity (Wildman–Crippen MR) is 117 cm³/mol. The van der Waals surface area contributed by atoms with Crippen molar-refractivity contribution in [3.63, 3.8) is 0 Å². The van der Waals surface area contributed by atoms with Crippen LogP contribution in [0.25, 0.3) is 0 Å². The lowest BCUT2D eigenvalue weighted by Crippen LogP contribution is -2.50. The Kier molecular flexibility index (Phi) is 8.25. The van der Waals surface area contributed by atoms with Gasteiger partial charge < -0.3 is 10.2 Å². The van der Waals surface area contributed by atoms with Crippen LogP contribution in [0, 0.1) is 0 Å². The highest BCUT2D eigenvalue weighted by Crippen LogP contribution is 2.19. The molecule has 0 aliphatic heterocycles. The van der Waals surface area contributed by atoms with Gasteiger partial charge in [0.2, 0.25) is 21.8 Å². The van der Waals surface area contributed by atoms with Gasteiger partial charge in [0.25, 0.3) is 0 Å². The number of hydrogen-bond donors (Lipinski definition) is 1. The highest BCUT2D eigenvalue weighted by atomic mass is 35.5. The van der Waals surface area contributed by atoms with Crippen LogP contribution in [-0.2, 0) is 26.2 Å². The summed E-state index contributed by atoms with van der Waals surface area (Å²) in [5, 5.41) is 3.41. The van der Waals surface area contributed by atoms with Gasteiger partial charge in [-0.05, 0) is 48.9 Å². The number of hydrogen-bond acceptors (Lipinski definition) is 4. The fourth-order valence-electron chi connectivity index (χ4n) is 2.78. The van der Waals surface area contributed by atoms with Crippen LogP contribution < -0.4 is 5.32 Å². The van der Waals surface area contributed by atoms with E-state index in [9.17, 15) is 18.0 Å². The maximum Gasteiger partial charge on any atom is 0.243 e. The Bertz CT molecular complexity index is 1010. The third-order valence-electron chi connectivity index (χ3n) is 4.54. The number of benzene rings is 2. The Labute approximate surface area is 186 Å². The topological polar surface area (TPSA) is 86.8 Å². The van der Waals surface area contributed by atoms with Crippen LogP contribution in [0.1, 0.15) is 12.5 Å². The minimum Gasteiger partial charge on any atom is -0.357 e. The Morgan fingerprint density at radius 3 is 2.27 bits per heavy atom. The molecule has 1 N–H and O–H groups in total. The van der Waals surface area contributed by atoms with Gasteiger partial charge in [0.1, 0.15) is 6.04 Å². The number of halogens is 2. The third kappa shape index (κ3) is 5.95. The van der Waals surface area contributed by atoms with Gasteiger partial charge in [0, 0.05) is 30.7 Å². The fourth-order valence-corrected chi connectivity index (χ4v) is 4.24. The number of rotatable bonds is 8. The number of nitrogens with zero attached hydrogens (tertiary/aromatic N) is 2. The van der Waals surface area contributed by atoms with Gasteiger partial charge in [0.15, 0.2) is 0 Å². The summed E-state index contributed by atoms with van der Waals surface area (Å²) in [6.45, 7) is 1.24. The molecule has 0 bridgehead atoms. The Hall–Kier alpha value is -2.13. The van der Waals surface area contributed by atoms with Gasteiger partial charge in [-0.2, -0.15) is 4.31 Å². The molecule has 0 aliphatic carbocycles. The molecule has 0 saturated heterocycles. The minimum absolute atomic E-state index is 0.0166. The Morgan fingerprint density at radius 2 is 1.70 bits per heavy atom. The lowest BCUT2D eigenvalue weighted by molar-refractivity contribution is -0.140. The van der Waals surface area contributed by atoms with Crippen LogP contribution in [0.15, 0.2) is 53.4 Å². The summed E-state index contributed by atoms with van der Waals surface area (Å²) in [4.78, 5) is 26.5. The van der Waals surface area contributed by atoms with Gasteiger partial charge >= 0.3 is 0 Å². The smallest absolute Gasteiger partial charge is 0.243 e. The average molecular weight is 472 g/mol. The summed E-state index contributed by atoms with van der Waals surface area (Å²) in [5.41, 5.74) is 0.717. The molecule has 2 amide bonds. The second-order valence-corrected chi connectivity index (χ2v) is 9.57. The van der Waals surface area contributed by atoms with E-state index in [1.54, 1.807) is 31.2 Å². The maximum absolute atomic E-state index is 13.0. The summed E-state index contributed by atoms with van der Waals surface area (Å²) in [6.07, 6.45) is 0. The van der Waals surface area contributed by atoms with E-state index >= 15 is 0 Å². The lowest BCUT2D eigenvalue weighted by Gasteiger charge is -2.30. The molecule has 162 valence electrons. The van der Waals surface area contributed by atoms with Crippen molar-refractivity contribution in [2.24, 2.45) is 0 Å². The van der Waals surface area contributed by atoms with E-state index in [1.807, 2.05) is 0 Å². The van der Waals surface area contributed by atoms with Crippen LogP contribution in [-0.4, -0.2) is 56.1 Å². The van der Waals surface area contributed by atoms with Crippen molar-refractivity contribution in [1.82, 2.24) is 14.5 Å². The van der Waals surface area contributed by atoms with Crippen molar-refractivity contribution in [3.8, 4) is 0 Å². The van der Waals surface area contributed by atoms with Gasteiger partial charge in [0.05, 0.1) is 11.4 Å². The summed E-state index contributed by atoms with van der Waals surface area (Å²) in [6, 6.07) is 11.8. The first-order valence-electron chi connectivity index (χ1n) is 9.03. The molecule has 1 atom stereocenters. The zero-order valence-corrected chi connectivity index (χ0v) is 19.1. The molecule has 2 aromatic rings. The SMILES string of the molecule is CNC(=O)C(C)N(Cc1cccc(Cl)c1)C(=O)CN(C)S(=O)(=O)c1ccc(Cl)cc1. The molecule has 10 heteroatoms. The van der Waals surface area contributed by atoms with Gasteiger partial charge in [-0.15, -0.1) is 0 Å². The van der Waals surface area contributed by atoms with E-state index in [4.69, 9.17) is 23.2 Å². The van der Waals surface area contributed by atoms with Crippen LogP contribution in [0.2, 0.25) is 10.0 Å². The van der Waals surface area contributed by atoms with Crippen molar-refractivity contribution < 1.29 is 18.0 Å². The lowest BCUT2D eigenvalue weighted by atomic mass is 10.1. The van der Waals surface area contributed by atoms with Crippen molar-refractivity contribution >= 4 is 45.0 Å². The molecule has 0 heterocycles. The minimum atomic E-state index is -3.91. The molecule has 0 saturated carbocycles. The fraction of sp³-hybridized carbons (Fsp3) is 0.300. The quantitative estimate of drug-likeness (QED) is 0.640. The standard InChI is InChI=1S/C20H23Cl2N3O4S/c1-14(20(27)23-2)25(12-15-5-4-6-17(22)11-15)19(26)13-24(3)30(28,29)18-9-7-16(21)8-10-18/h4-11,14H,12-13H2,1-3H3,(H,23,27). The first-order valence-corrected chi connectivity index (χ1v) is 11.2. The molecule has 0 fully saturated rings. The number of sulfonamides is 1. The number of amides is 2. The Balaban J connectivity index is 2.26. The molecule has 7 nitrogen and oxygen atoms in total. The zero-order valence-electron chi connectivity index (χ0n) is 16.8. The van der Waals surface area contributed by atoms with Crippen molar-refractivity contribution in [2.75, 3.05) is 20.6 Å². The largest absolute Gasteiger partial charge is 0.357 e. The second kappa shape index (κ2) is 10.3. The third-order valence-corrected chi connectivity index (χ3v) is 6.84. The normalized spacial score (nSPS) is 12.5. The molecular weight excluding hydrogens is 449 g/mol. The van der Waals surface area contributed by atoms with Crippen LogP contribution in [0.4, 0.5) is 0 Å². The molecule has 2 rings (SSSR count). The van der Waals surface area contributed by atoms with E-state index in [-0.39, 0.29) is 17.3 Å². The van der Waals surface area contributed by atoms with Crippen LogP contribution in [0.3, 0.4) is 0 Å². The first-order chi connectivity index (χ1) is 14.1. The summed E-state index contributed by atoms with van der Waals surface area (Å²) >= 11 is 11.8. The number of carbonyl (C=O) groups excluding carboxylic acids is 2. The molecule has 0 aliphatic rings. The molecule has 2 aromatic carbocycles. The molecule has 0 radical (unpaired) electrons. The zero-order chi connectivity index (χ0) is 22.5. The molecule has 0 spiro atoms. The first kappa shape index (κ1) is 24.1. The highest BCUT2D eigenvalue weighted by molar-refractivity contribution is 7.89. The predicted octanol–water partition coefficient (Wildman–Crippen LogP) is 2.78. The van der Waals surface area contributed by atoms with Gasteiger partial charge in [-0.3, -0.25) is 9.59 Å². The number of nitrogens with one attached hydrogen (secondary N) is 1. The molecular formula is C20H23Cl2N3O4S. The molecule has 0 aromatic heterocycles. The van der Waals surface area contributed by atoms with Crippen molar-refractivity contribution in [1.29, 1.82) is 0 Å². The summed E-state index contributed by atoms with van der Waals surface area (Å²) < 4.78 is 26.5. The molecule has 1 unspecified atom stereocenters.